The van der Waals surface area contributed by atoms with Gasteiger partial charge < -0.3 is 21.3 Å². The molecule has 0 radical (unpaired) electrons. The number of pyridine rings is 1. The maximum absolute atomic E-state index is 11.5. The first-order chi connectivity index (χ1) is 8.99. The highest BCUT2D eigenvalue weighted by molar-refractivity contribution is 5.98. The Balaban J connectivity index is 2.18. The number of carbonyl (C=O) groups is 1. The summed E-state index contributed by atoms with van der Waals surface area (Å²) in [4.78, 5) is 20.0. The molecule has 1 aromatic heterocycles. The molecule has 6 heteroatoms. The fourth-order valence-electron chi connectivity index (χ4n) is 2.57. The molecule has 1 aliphatic rings. The summed E-state index contributed by atoms with van der Waals surface area (Å²) in [7, 11) is 4.05. The summed E-state index contributed by atoms with van der Waals surface area (Å²) in [6, 6.07) is 2.07. The topological polar surface area (TPSA) is 88.5 Å². The molecule has 1 atom stereocenters. The third-order valence-corrected chi connectivity index (χ3v) is 3.67. The van der Waals surface area contributed by atoms with E-state index < -0.39 is 5.91 Å². The van der Waals surface area contributed by atoms with Gasteiger partial charge in [0.1, 0.15) is 5.82 Å². The standard InChI is InChI=1S/C13H21N5O/c1-17-5-3-4-10(17)8-18(2)13-11(12(15)19)6-9(14)7-16-13/h6-7,10H,3-5,8,14H2,1-2H3,(H2,15,19). The van der Waals surface area contributed by atoms with E-state index in [1.165, 1.54) is 12.8 Å². The molecule has 1 fully saturated rings. The number of anilines is 2. The van der Waals surface area contributed by atoms with Crippen molar-refractivity contribution in [3.8, 4) is 0 Å². The van der Waals surface area contributed by atoms with Gasteiger partial charge in [0.2, 0.25) is 0 Å². The molecule has 1 aromatic rings. The first-order valence-electron chi connectivity index (χ1n) is 6.45. The lowest BCUT2D eigenvalue weighted by atomic mass is 10.2. The molecule has 0 aliphatic carbocycles. The van der Waals surface area contributed by atoms with Gasteiger partial charge in [-0.25, -0.2) is 4.98 Å². The zero-order chi connectivity index (χ0) is 14.0. The molecule has 104 valence electrons. The van der Waals surface area contributed by atoms with E-state index in [1.807, 2.05) is 11.9 Å². The predicted molar refractivity (Wildman–Crippen MR) is 76.1 cm³/mol. The van der Waals surface area contributed by atoms with Crippen LogP contribution in [0, 0.1) is 0 Å². The molecule has 1 unspecified atom stereocenters. The minimum Gasteiger partial charge on any atom is -0.397 e. The van der Waals surface area contributed by atoms with E-state index in [4.69, 9.17) is 11.5 Å². The third kappa shape index (κ3) is 2.96. The van der Waals surface area contributed by atoms with Crippen molar-refractivity contribution in [3.05, 3.63) is 17.8 Å². The van der Waals surface area contributed by atoms with Gasteiger partial charge >= 0.3 is 0 Å². The number of primary amides is 1. The fourth-order valence-corrected chi connectivity index (χ4v) is 2.57. The largest absolute Gasteiger partial charge is 0.397 e. The number of amides is 1. The van der Waals surface area contributed by atoms with Crippen molar-refractivity contribution >= 4 is 17.4 Å². The van der Waals surface area contributed by atoms with Crippen LogP contribution in [0.2, 0.25) is 0 Å². The molecule has 0 bridgehead atoms. The van der Waals surface area contributed by atoms with Gasteiger partial charge in [-0.3, -0.25) is 4.79 Å². The van der Waals surface area contributed by atoms with Crippen molar-refractivity contribution in [2.45, 2.75) is 18.9 Å². The Bertz CT molecular complexity index is 476. The Kier molecular flexibility index (Phi) is 3.90. The van der Waals surface area contributed by atoms with Crippen LogP contribution < -0.4 is 16.4 Å². The SMILES string of the molecule is CN(CC1CCCN1C)c1ncc(N)cc1C(N)=O. The Morgan fingerprint density at radius 3 is 2.95 bits per heavy atom. The smallest absolute Gasteiger partial charge is 0.252 e. The van der Waals surface area contributed by atoms with Gasteiger partial charge in [0.05, 0.1) is 17.4 Å². The Morgan fingerprint density at radius 2 is 2.37 bits per heavy atom. The van der Waals surface area contributed by atoms with Crippen LogP contribution in [0.5, 0.6) is 0 Å². The molecule has 0 saturated carbocycles. The lowest BCUT2D eigenvalue weighted by Gasteiger charge is -2.27. The molecule has 2 heterocycles. The van der Waals surface area contributed by atoms with Crippen molar-refractivity contribution in [2.75, 3.05) is 37.8 Å². The Hall–Kier alpha value is -1.82. The summed E-state index contributed by atoms with van der Waals surface area (Å²) in [6.45, 7) is 1.95. The van der Waals surface area contributed by atoms with E-state index in [2.05, 4.69) is 16.9 Å². The Morgan fingerprint density at radius 1 is 1.63 bits per heavy atom. The number of carbonyl (C=O) groups excluding carboxylic acids is 1. The number of likely N-dealkylation sites (N-methyl/N-ethyl adjacent to an activating group) is 2. The van der Waals surface area contributed by atoms with Gasteiger partial charge in [-0.1, -0.05) is 0 Å². The second-order valence-corrected chi connectivity index (χ2v) is 5.16. The average molecular weight is 263 g/mol. The number of hydrogen-bond donors (Lipinski definition) is 2. The van der Waals surface area contributed by atoms with Crippen LogP contribution in [0.15, 0.2) is 12.3 Å². The lowest BCUT2D eigenvalue weighted by molar-refractivity contribution is 0.100. The summed E-state index contributed by atoms with van der Waals surface area (Å²) >= 11 is 0. The van der Waals surface area contributed by atoms with E-state index in [9.17, 15) is 4.79 Å². The molecule has 0 aromatic carbocycles. The quantitative estimate of drug-likeness (QED) is 0.815. The molecule has 1 saturated heterocycles. The van der Waals surface area contributed by atoms with E-state index in [0.29, 0.717) is 23.1 Å². The van der Waals surface area contributed by atoms with Crippen LogP contribution in [-0.2, 0) is 0 Å². The highest BCUT2D eigenvalue weighted by Crippen LogP contribution is 2.22. The summed E-state index contributed by atoms with van der Waals surface area (Å²) in [5, 5.41) is 0. The molecule has 6 nitrogen and oxygen atoms in total. The molecule has 0 spiro atoms. The summed E-state index contributed by atoms with van der Waals surface area (Å²) in [5.41, 5.74) is 11.9. The number of likely N-dealkylation sites (tertiary alicyclic amines) is 1. The van der Waals surface area contributed by atoms with Gasteiger partial charge in [0.25, 0.3) is 5.91 Å². The van der Waals surface area contributed by atoms with Gasteiger partial charge in [0, 0.05) is 19.6 Å². The highest BCUT2D eigenvalue weighted by atomic mass is 16.1. The summed E-state index contributed by atoms with van der Waals surface area (Å²) < 4.78 is 0. The number of nitrogen functional groups attached to an aromatic ring is 1. The molecule has 1 amide bonds. The van der Waals surface area contributed by atoms with Crippen molar-refractivity contribution < 1.29 is 4.79 Å². The highest BCUT2D eigenvalue weighted by Gasteiger charge is 2.24. The second-order valence-electron chi connectivity index (χ2n) is 5.16. The molecular weight excluding hydrogens is 242 g/mol. The summed E-state index contributed by atoms with van der Waals surface area (Å²) in [5.74, 6) is 0.100. The van der Waals surface area contributed by atoms with E-state index in [-0.39, 0.29) is 0 Å². The van der Waals surface area contributed by atoms with Crippen LogP contribution in [0.3, 0.4) is 0 Å². The van der Waals surface area contributed by atoms with E-state index >= 15 is 0 Å². The predicted octanol–water partition coefficient (Wildman–Crippen LogP) is 0.293. The van der Waals surface area contributed by atoms with Crippen LogP contribution >= 0.6 is 0 Å². The van der Waals surface area contributed by atoms with E-state index in [1.54, 1.807) is 12.3 Å². The maximum Gasteiger partial charge on any atom is 0.252 e. The fraction of sp³-hybridized carbons (Fsp3) is 0.538. The van der Waals surface area contributed by atoms with Crippen LogP contribution in [-0.4, -0.2) is 49.0 Å². The van der Waals surface area contributed by atoms with Gasteiger partial charge in [-0.15, -0.1) is 0 Å². The van der Waals surface area contributed by atoms with Crippen LogP contribution in [0.4, 0.5) is 11.5 Å². The van der Waals surface area contributed by atoms with Gasteiger partial charge in [0.15, 0.2) is 0 Å². The van der Waals surface area contributed by atoms with Crippen LogP contribution in [0.1, 0.15) is 23.2 Å². The maximum atomic E-state index is 11.5. The zero-order valence-electron chi connectivity index (χ0n) is 11.5. The Labute approximate surface area is 113 Å². The molecule has 1 aliphatic heterocycles. The van der Waals surface area contributed by atoms with E-state index in [0.717, 1.165) is 13.1 Å². The molecule has 2 rings (SSSR count). The molecule has 19 heavy (non-hydrogen) atoms. The lowest BCUT2D eigenvalue weighted by Crippen LogP contribution is -2.37. The second kappa shape index (κ2) is 5.44. The van der Waals surface area contributed by atoms with Crippen molar-refractivity contribution in [3.63, 3.8) is 0 Å². The van der Waals surface area contributed by atoms with Crippen molar-refractivity contribution in [1.82, 2.24) is 9.88 Å². The third-order valence-electron chi connectivity index (χ3n) is 3.67. The minimum atomic E-state index is -0.499. The first-order valence-corrected chi connectivity index (χ1v) is 6.45. The number of hydrogen-bond acceptors (Lipinski definition) is 5. The monoisotopic (exact) mass is 263 g/mol. The van der Waals surface area contributed by atoms with Crippen molar-refractivity contribution in [1.29, 1.82) is 0 Å². The van der Waals surface area contributed by atoms with Crippen LogP contribution in [0.25, 0.3) is 0 Å². The average Bonchev–Trinajstić information content (AvgIpc) is 2.74. The number of nitrogens with two attached hydrogens (primary N) is 2. The number of aromatic nitrogens is 1. The van der Waals surface area contributed by atoms with Gasteiger partial charge in [-0.2, -0.15) is 0 Å². The van der Waals surface area contributed by atoms with Gasteiger partial charge in [-0.05, 0) is 32.5 Å². The number of rotatable bonds is 4. The normalized spacial score (nSPS) is 19.6. The number of nitrogens with zero attached hydrogens (tertiary/aromatic N) is 3. The summed E-state index contributed by atoms with van der Waals surface area (Å²) in [6.07, 6.45) is 3.94. The molecule has 4 N–H and O–H groups in total. The molecular formula is C13H21N5O. The first kappa shape index (κ1) is 13.6. The van der Waals surface area contributed by atoms with Crippen molar-refractivity contribution in [2.24, 2.45) is 5.73 Å². The zero-order valence-corrected chi connectivity index (χ0v) is 11.5. The minimum absolute atomic E-state index is 0.378.